The van der Waals surface area contributed by atoms with Gasteiger partial charge in [0, 0.05) is 20.1 Å². The zero-order chi connectivity index (χ0) is 17.0. The van der Waals surface area contributed by atoms with Gasteiger partial charge >= 0.3 is 6.18 Å². The van der Waals surface area contributed by atoms with Crippen LogP contribution in [0.2, 0.25) is 0 Å². The third kappa shape index (κ3) is 4.45. The summed E-state index contributed by atoms with van der Waals surface area (Å²) in [7, 11) is 3.34. The van der Waals surface area contributed by atoms with Crippen molar-refractivity contribution in [3.05, 3.63) is 41.7 Å². The van der Waals surface area contributed by atoms with Crippen LogP contribution in [0.25, 0.3) is 5.69 Å². The van der Waals surface area contributed by atoms with Crippen LogP contribution >= 0.6 is 12.4 Å². The molecule has 1 aromatic carbocycles. The highest BCUT2D eigenvalue weighted by Crippen LogP contribution is 2.33. The Balaban J connectivity index is 0.00000288. The maximum absolute atomic E-state index is 13.0. The lowest BCUT2D eigenvalue weighted by atomic mass is 10.1. The first-order valence-electron chi connectivity index (χ1n) is 6.83. The monoisotopic (exact) mass is 363 g/mol. The molecule has 0 bridgehead atoms. The van der Waals surface area contributed by atoms with Gasteiger partial charge in [0.15, 0.2) is 5.69 Å². The summed E-state index contributed by atoms with van der Waals surface area (Å²) < 4.78 is 40.0. The van der Waals surface area contributed by atoms with Gasteiger partial charge in [-0.25, -0.2) is 4.68 Å². The topological polar surface area (TPSA) is 63.1 Å². The summed E-state index contributed by atoms with van der Waals surface area (Å²) in [6.45, 7) is 1.04. The quantitative estimate of drug-likeness (QED) is 0.882. The summed E-state index contributed by atoms with van der Waals surface area (Å²) in [6, 6.07) is 4.99. The molecule has 1 N–H and O–H groups in total. The van der Waals surface area contributed by atoms with Gasteiger partial charge in [-0.1, -0.05) is 17.3 Å². The van der Waals surface area contributed by atoms with E-state index >= 15 is 0 Å². The van der Waals surface area contributed by atoms with Crippen molar-refractivity contribution >= 4 is 18.3 Å². The van der Waals surface area contributed by atoms with Crippen LogP contribution in [0.4, 0.5) is 13.2 Å². The smallest absolute Gasteiger partial charge is 0.339 e. The van der Waals surface area contributed by atoms with Crippen molar-refractivity contribution in [3.8, 4) is 5.69 Å². The lowest BCUT2D eigenvalue weighted by Gasteiger charge is -2.14. The van der Waals surface area contributed by atoms with E-state index in [2.05, 4.69) is 15.6 Å². The number of para-hydroxylation sites is 1. The van der Waals surface area contributed by atoms with Crippen LogP contribution in [0.3, 0.4) is 0 Å². The predicted molar refractivity (Wildman–Crippen MR) is 84.5 cm³/mol. The van der Waals surface area contributed by atoms with Crippen molar-refractivity contribution in [2.45, 2.75) is 6.18 Å². The lowest BCUT2D eigenvalue weighted by molar-refractivity contribution is -0.137. The minimum atomic E-state index is -4.52. The number of rotatable bonds is 5. The number of benzene rings is 1. The number of aromatic nitrogens is 3. The van der Waals surface area contributed by atoms with E-state index < -0.39 is 17.6 Å². The molecule has 0 spiro atoms. The first-order chi connectivity index (χ1) is 10.8. The highest BCUT2D eigenvalue weighted by molar-refractivity contribution is 5.91. The minimum absolute atomic E-state index is 0. The Hall–Kier alpha value is -2.13. The number of hydrogen-bond donors (Lipinski definition) is 1. The van der Waals surface area contributed by atoms with E-state index in [0.29, 0.717) is 13.1 Å². The van der Waals surface area contributed by atoms with E-state index in [4.69, 9.17) is 0 Å². The van der Waals surface area contributed by atoms with Crippen LogP contribution in [0, 0.1) is 0 Å². The van der Waals surface area contributed by atoms with Crippen molar-refractivity contribution in [1.82, 2.24) is 25.2 Å². The predicted octanol–water partition coefficient (Wildman–Crippen LogP) is 2.00. The molecule has 0 saturated heterocycles. The van der Waals surface area contributed by atoms with Crippen LogP contribution in [0.15, 0.2) is 30.5 Å². The number of nitrogens with zero attached hydrogens (tertiary/aromatic N) is 4. The number of alkyl halides is 3. The molecule has 2 rings (SSSR count). The maximum Gasteiger partial charge on any atom is 0.418 e. The molecule has 0 saturated carbocycles. The fourth-order valence-electron chi connectivity index (χ4n) is 1.97. The largest absolute Gasteiger partial charge is 0.418 e. The first kappa shape index (κ1) is 19.9. The molecule has 0 fully saturated rings. The van der Waals surface area contributed by atoms with Gasteiger partial charge in [-0.15, -0.1) is 17.5 Å². The molecule has 24 heavy (non-hydrogen) atoms. The van der Waals surface area contributed by atoms with Gasteiger partial charge in [-0.2, -0.15) is 13.2 Å². The van der Waals surface area contributed by atoms with Crippen molar-refractivity contribution in [1.29, 1.82) is 0 Å². The fourth-order valence-corrected chi connectivity index (χ4v) is 1.97. The molecule has 0 aliphatic rings. The first-order valence-corrected chi connectivity index (χ1v) is 6.83. The molecule has 1 amide bonds. The molecule has 2 aromatic rings. The third-order valence-corrected chi connectivity index (χ3v) is 3.21. The van der Waals surface area contributed by atoms with Crippen LogP contribution in [0.5, 0.6) is 0 Å². The molecule has 0 unspecified atom stereocenters. The Kier molecular flexibility index (Phi) is 6.73. The normalized spacial score (nSPS) is 11.0. The lowest BCUT2D eigenvalue weighted by Crippen LogP contribution is -2.33. The number of carbonyl (C=O) groups excluding carboxylic acids is 1. The van der Waals surface area contributed by atoms with E-state index in [1.807, 2.05) is 0 Å². The zero-order valence-corrected chi connectivity index (χ0v) is 13.9. The van der Waals surface area contributed by atoms with Crippen molar-refractivity contribution in [2.24, 2.45) is 0 Å². The van der Waals surface area contributed by atoms with Gasteiger partial charge in [-0.05, 0) is 19.2 Å². The average molecular weight is 364 g/mol. The molecule has 0 aliphatic carbocycles. The summed E-state index contributed by atoms with van der Waals surface area (Å²) in [6.07, 6.45) is -3.32. The molecule has 132 valence electrons. The summed E-state index contributed by atoms with van der Waals surface area (Å²) in [5, 5.41) is 10.2. The molecule has 1 heterocycles. The van der Waals surface area contributed by atoms with Gasteiger partial charge in [0.1, 0.15) is 0 Å². The molecule has 0 aliphatic heterocycles. The Bertz CT molecular complexity index is 689. The van der Waals surface area contributed by atoms with Gasteiger partial charge in [-0.3, -0.25) is 4.79 Å². The second-order valence-corrected chi connectivity index (χ2v) is 4.89. The number of amides is 1. The number of nitrogens with one attached hydrogen (secondary N) is 1. The third-order valence-electron chi connectivity index (χ3n) is 3.21. The number of hydrogen-bond acceptors (Lipinski definition) is 4. The molecule has 6 nitrogen and oxygen atoms in total. The number of halogens is 4. The molecule has 10 heteroatoms. The Morgan fingerprint density at radius 1 is 1.33 bits per heavy atom. The Morgan fingerprint density at radius 3 is 2.62 bits per heavy atom. The SMILES string of the molecule is CNCCN(C)C(=O)c1cn(-c2ccccc2C(F)(F)F)nn1.Cl. The molecule has 0 atom stereocenters. The Labute approximate surface area is 143 Å². The van der Waals surface area contributed by atoms with Gasteiger partial charge in [0.2, 0.25) is 0 Å². The molecular weight excluding hydrogens is 347 g/mol. The van der Waals surface area contributed by atoms with E-state index in [9.17, 15) is 18.0 Å². The van der Waals surface area contributed by atoms with Gasteiger partial charge in [0.25, 0.3) is 5.91 Å². The van der Waals surface area contributed by atoms with E-state index in [1.165, 1.54) is 29.3 Å². The average Bonchev–Trinajstić information content (AvgIpc) is 3.00. The van der Waals surface area contributed by atoms with Gasteiger partial charge < -0.3 is 10.2 Å². The highest BCUT2D eigenvalue weighted by Gasteiger charge is 2.34. The summed E-state index contributed by atoms with van der Waals surface area (Å²) in [4.78, 5) is 13.6. The molecular formula is C14H17ClF3N5O. The number of carbonyl (C=O) groups is 1. The maximum atomic E-state index is 13.0. The van der Waals surface area contributed by atoms with Crippen molar-refractivity contribution < 1.29 is 18.0 Å². The second-order valence-electron chi connectivity index (χ2n) is 4.89. The van der Waals surface area contributed by atoms with E-state index in [0.717, 1.165) is 10.7 Å². The van der Waals surface area contributed by atoms with Crippen LogP contribution in [0.1, 0.15) is 16.1 Å². The number of likely N-dealkylation sites (N-methyl/N-ethyl adjacent to an activating group) is 2. The van der Waals surface area contributed by atoms with E-state index in [-0.39, 0.29) is 23.8 Å². The Morgan fingerprint density at radius 2 is 2.00 bits per heavy atom. The van der Waals surface area contributed by atoms with Crippen LogP contribution < -0.4 is 5.32 Å². The molecule has 0 radical (unpaired) electrons. The zero-order valence-electron chi connectivity index (χ0n) is 13.0. The summed E-state index contributed by atoms with van der Waals surface area (Å²) in [5.74, 6) is -0.406. The standard InChI is InChI=1S/C14H16F3N5O.ClH/c1-18-7-8-21(2)13(23)11-9-22(20-19-11)12-6-4-3-5-10(12)14(15,16)17;/h3-6,9,18H,7-8H2,1-2H3;1H. The molecule has 1 aromatic heterocycles. The summed E-state index contributed by atoms with van der Waals surface area (Å²) >= 11 is 0. The van der Waals surface area contributed by atoms with Crippen LogP contribution in [-0.4, -0.2) is 53.0 Å². The van der Waals surface area contributed by atoms with Crippen molar-refractivity contribution in [3.63, 3.8) is 0 Å². The highest BCUT2D eigenvalue weighted by atomic mass is 35.5. The summed E-state index contributed by atoms with van der Waals surface area (Å²) in [5.41, 5.74) is -1.03. The van der Waals surface area contributed by atoms with Crippen molar-refractivity contribution in [2.75, 3.05) is 27.2 Å². The van der Waals surface area contributed by atoms with E-state index in [1.54, 1.807) is 14.1 Å². The minimum Gasteiger partial charge on any atom is -0.339 e. The van der Waals surface area contributed by atoms with Gasteiger partial charge in [0.05, 0.1) is 17.4 Å². The van der Waals surface area contributed by atoms with Crippen LogP contribution in [-0.2, 0) is 6.18 Å². The second kappa shape index (κ2) is 8.11. The fraction of sp³-hybridized carbons (Fsp3) is 0.357.